The summed E-state index contributed by atoms with van der Waals surface area (Å²) in [5.41, 5.74) is 1.23. The molecular weight excluding hydrogens is 290 g/mol. The highest BCUT2D eigenvalue weighted by Gasteiger charge is 2.20. The summed E-state index contributed by atoms with van der Waals surface area (Å²) in [6, 6.07) is 10.3. The molecule has 1 unspecified atom stereocenters. The lowest BCUT2D eigenvalue weighted by Gasteiger charge is -2.16. The van der Waals surface area contributed by atoms with Gasteiger partial charge in [0.2, 0.25) is 0 Å². The molecule has 2 heterocycles. The number of benzene rings is 1. The van der Waals surface area contributed by atoms with Crippen LogP contribution >= 0.6 is 0 Å². The summed E-state index contributed by atoms with van der Waals surface area (Å²) in [5.74, 6) is 1.98. The fraction of sp³-hybridized carbons (Fsp3) is 0.471. The summed E-state index contributed by atoms with van der Waals surface area (Å²) in [5, 5.41) is 14.3. The molecule has 2 aromatic rings. The zero-order chi connectivity index (χ0) is 16.1. The molecule has 1 aromatic heterocycles. The van der Waals surface area contributed by atoms with E-state index in [1.807, 2.05) is 25.1 Å². The number of nitrogens with zero attached hydrogens (tertiary/aromatic N) is 3. The zero-order valence-electron chi connectivity index (χ0n) is 13.5. The predicted molar refractivity (Wildman–Crippen MR) is 88.2 cm³/mol. The summed E-state index contributed by atoms with van der Waals surface area (Å²) >= 11 is 0. The average Bonchev–Trinajstić information content (AvgIpc) is 2.78. The SMILES string of the molecule is Cc1nnc2n1CCC(NC(=O)NCCc1ccccc1)CC2. The van der Waals surface area contributed by atoms with E-state index in [1.165, 1.54) is 5.56 Å². The predicted octanol–water partition coefficient (Wildman–Crippen LogP) is 1.83. The molecule has 0 radical (unpaired) electrons. The Labute approximate surface area is 136 Å². The van der Waals surface area contributed by atoms with Gasteiger partial charge in [-0.25, -0.2) is 4.79 Å². The smallest absolute Gasteiger partial charge is 0.315 e. The number of aryl methyl sites for hydroxylation is 2. The maximum absolute atomic E-state index is 12.0. The number of nitrogens with one attached hydrogen (secondary N) is 2. The summed E-state index contributed by atoms with van der Waals surface area (Å²) in [7, 11) is 0. The van der Waals surface area contributed by atoms with Gasteiger partial charge in [0.15, 0.2) is 0 Å². The summed E-state index contributed by atoms with van der Waals surface area (Å²) in [6.45, 7) is 3.48. The lowest BCUT2D eigenvalue weighted by molar-refractivity contribution is 0.235. The molecule has 23 heavy (non-hydrogen) atoms. The van der Waals surface area contributed by atoms with Crippen molar-refractivity contribution in [2.45, 2.75) is 45.2 Å². The van der Waals surface area contributed by atoms with Crippen LogP contribution in [-0.4, -0.2) is 33.4 Å². The Morgan fingerprint density at radius 3 is 2.91 bits per heavy atom. The van der Waals surface area contributed by atoms with Crippen LogP contribution in [0.4, 0.5) is 4.79 Å². The molecule has 0 aliphatic carbocycles. The van der Waals surface area contributed by atoms with E-state index in [-0.39, 0.29) is 12.1 Å². The monoisotopic (exact) mass is 313 g/mol. The van der Waals surface area contributed by atoms with Crippen molar-refractivity contribution in [3.8, 4) is 0 Å². The Kier molecular flexibility index (Phi) is 4.90. The van der Waals surface area contributed by atoms with Crippen molar-refractivity contribution in [1.82, 2.24) is 25.4 Å². The maximum Gasteiger partial charge on any atom is 0.315 e. The van der Waals surface area contributed by atoms with Crippen LogP contribution in [0.15, 0.2) is 30.3 Å². The number of amides is 2. The summed E-state index contributed by atoms with van der Waals surface area (Å²) in [4.78, 5) is 12.0. The van der Waals surface area contributed by atoms with Crippen LogP contribution in [0.1, 0.15) is 30.1 Å². The van der Waals surface area contributed by atoms with E-state index < -0.39 is 0 Å². The number of aromatic nitrogens is 3. The number of carbonyl (C=O) groups is 1. The van der Waals surface area contributed by atoms with E-state index in [0.29, 0.717) is 6.54 Å². The molecule has 0 fully saturated rings. The third-order valence-electron chi connectivity index (χ3n) is 4.31. The van der Waals surface area contributed by atoms with Crippen molar-refractivity contribution < 1.29 is 4.79 Å². The molecule has 6 nitrogen and oxygen atoms in total. The molecule has 2 amide bonds. The number of fused-ring (bicyclic) bond motifs is 1. The van der Waals surface area contributed by atoms with Gasteiger partial charge in [0.25, 0.3) is 0 Å². The number of rotatable bonds is 4. The maximum atomic E-state index is 12.0. The van der Waals surface area contributed by atoms with Crippen LogP contribution in [0.2, 0.25) is 0 Å². The topological polar surface area (TPSA) is 71.8 Å². The molecule has 0 spiro atoms. The van der Waals surface area contributed by atoms with Crippen LogP contribution in [0.25, 0.3) is 0 Å². The van der Waals surface area contributed by atoms with Crippen molar-refractivity contribution in [2.24, 2.45) is 0 Å². The Balaban J connectivity index is 1.42. The summed E-state index contributed by atoms with van der Waals surface area (Å²) < 4.78 is 2.15. The first kappa shape index (κ1) is 15.5. The van der Waals surface area contributed by atoms with Gasteiger partial charge >= 0.3 is 6.03 Å². The van der Waals surface area contributed by atoms with E-state index >= 15 is 0 Å². The third kappa shape index (κ3) is 4.09. The number of hydrogen-bond acceptors (Lipinski definition) is 3. The van der Waals surface area contributed by atoms with E-state index in [9.17, 15) is 4.79 Å². The van der Waals surface area contributed by atoms with Gasteiger partial charge < -0.3 is 15.2 Å². The summed E-state index contributed by atoms with van der Waals surface area (Å²) in [6.07, 6.45) is 3.52. The normalized spacial score (nSPS) is 17.2. The second-order valence-electron chi connectivity index (χ2n) is 5.98. The molecule has 1 aromatic carbocycles. The lowest BCUT2D eigenvalue weighted by Crippen LogP contribution is -2.43. The molecule has 1 aliphatic rings. The Morgan fingerprint density at radius 1 is 1.26 bits per heavy atom. The quantitative estimate of drug-likeness (QED) is 0.904. The van der Waals surface area contributed by atoms with Crippen LogP contribution < -0.4 is 10.6 Å². The van der Waals surface area contributed by atoms with E-state index in [0.717, 1.165) is 43.9 Å². The Morgan fingerprint density at radius 2 is 2.09 bits per heavy atom. The van der Waals surface area contributed by atoms with E-state index in [4.69, 9.17) is 0 Å². The van der Waals surface area contributed by atoms with Gasteiger partial charge in [-0.2, -0.15) is 0 Å². The first-order valence-corrected chi connectivity index (χ1v) is 8.19. The average molecular weight is 313 g/mol. The molecule has 122 valence electrons. The second-order valence-corrected chi connectivity index (χ2v) is 5.98. The van der Waals surface area contributed by atoms with Crippen molar-refractivity contribution >= 4 is 6.03 Å². The van der Waals surface area contributed by atoms with Gasteiger partial charge in [-0.05, 0) is 31.7 Å². The van der Waals surface area contributed by atoms with Crippen molar-refractivity contribution in [3.63, 3.8) is 0 Å². The largest absolute Gasteiger partial charge is 0.338 e. The first-order valence-electron chi connectivity index (χ1n) is 8.19. The minimum atomic E-state index is -0.0830. The Bertz CT molecular complexity index is 652. The molecule has 0 saturated carbocycles. The van der Waals surface area contributed by atoms with Gasteiger partial charge in [0, 0.05) is 25.6 Å². The molecule has 1 atom stereocenters. The molecule has 0 saturated heterocycles. The van der Waals surface area contributed by atoms with Crippen molar-refractivity contribution in [2.75, 3.05) is 6.54 Å². The number of hydrogen-bond donors (Lipinski definition) is 2. The number of carbonyl (C=O) groups excluding carboxylic acids is 1. The molecule has 6 heteroatoms. The standard InChI is InChI=1S/C17H23N5O/c1-13-20-21-16-8-7-15(10-12-22(13)16)19-17(23)18-11-9-14-5-3-2-4-6-14/h2-6,15H,7-12H2,1H3,(H2,18,19,23). The van der Waals surface area contributed by atoms with Crippen LogP contribution in [-0.2, 0) is 19.4 Å². The van der Waals surface area contributed by atoms with Gasteiger partial charge in [0.05, 0.1) is 0 Å². The van der Waals surface area contributed by atoms with Crippen molar-refractivity contribution in [1.29, 1.82) is 0 Å². The minimum absolute atomic E-state index is 0.0830. The van der Waals surface area contributed by atoms with Gasteiger partial charge in [-0.1, -0.05) is 30.3 Å². The van der Waals surface area contributed by atoms with Crippen LogP contribution in [0, 0.1) is 6.92 Å². The fourth-order valence-corrected chi connectivity index (χ4v) is 2.98. The highest BCUT2D eigenvalue weighted by atomic mass is 16.2. The van der Waals surface area contributed by atoms with Gasteiger partial charge in [0.1, 0.15) is 11.6 Å². The van der Waals surface area contributed by atoms with Crippen molar-refractivity contribution in [3.05, 3.63) is 47.5 Å². The fourth-order valence-electron chi connectivity index (χ4n) is 2.98. The molecule has 3 rings (SSSR count). The highest BCUT2D eigenvalue weighted by Crippen LogP contribution is 2.14. The van der Waals surface area contributed by atoms with Gasteiger partial charge in [-0.15, -0.1) is 10.2 Å². The van der Waals surface area contributed by atoms with Crippen LogP contribution in [0.3, 0.4) is 0 Å². The van der Waals surface area contributed by atoms with E-state index in [2.05, 4.69) is 37.5 Å². The zero-order valence-corrected chi connectivity index (χ0v) is 13.5. The minimum Gasteiger partial charge on any atom is -0.338 e. The molecule has 2 N–H and O–H groups in total. The molecular formula is C17H23N5O. The highest BCUT2D eigenvalue weighted by molar-refractivity contribution is 5.74. The lowest BCUT2D eigenvalue weighted by atomic mass is 10.1. The second kappa shape index (κ2) is 7.26. The van der Waals surface area contributed by atoms with Crippen LogP contribution in [0.5, 0.6) is 0 Å². The third-order valence-corrected chi connectivity index (χ3v) is 4.31. The Hall–Kier alpha value is -2.37. The van der Waals surface area contributed by atoms with E-state index in [1.54, 1.807) is 0 Å². The van der Waals surface area contributed by atoms with Gasteiger partial charge in [-0.3, -0.25) is 0 Å². The number of urea groups is 1. The molecule has 0 bridgehead atoms. The first-order chi connectivity index (χ1) is 11.2. The molecule has 1 aliphatic heterocycles.